The average Bonchev–Trinajstić information content (AvgIpc) is 2.80. The number of rotatable bonds is 6. The fourth-order valence-corrected chi connectivity index (χ4v) is 2.50. The lowest BCUT2D eigenvalue weighted by molar-refractivity contribution is 0.305. The molecule has 0 radical (unpaired) electrons. The number of hydrogen-bond acceptors (Lipinski definition) is 3. The van der Waals surface area contributed by atoms with Crippen LogP contribution in [0.5, 0.6) is 5.75 Å². The number of ether oxygens (including phenoxy) is 1. The van der Waals surface area contributed by atoms with Crippen molar-refractivity contribution in [1.29, 1.82) is 0 Å². The van der Waals surface area contributed by atoms with Crippen molar-refractivity contribution >= 4 is 0 Å². The number of nitrogens with zero attached hydrogens (tertiary/aromatic N) is 3. The van der Waals surface area contributed by atoms with Crippen LogP contribution >= 0.6 is 0 Å². The maximum atomic E-state index is 13.7. The van der Waals surface area contributed by atoms with Gasteiger partial charge in [-0.15, -0.1) is 0 Å². The lowest BCUT2D eigenvalue weighted by atomic mass is 10.1. The molecule has 1 heterocycles. The van der Waals surface area contributed by atoms with Crippen molar-refractivity contribution in [2.75, 3.05) is 14.2 Å². The van der Waals surface area contributed by atoms with E-state index in [1.165, 1.54) is 24.4 Å². The number of methoxy groups -OCH3 is 1. The molecule has 4 nitrogen and oxygen atoms in total. The SMILES string of the molecule is CCn1ncc(CN(C)Cc2cccc(F)c2OC)c1C. The van der Waals surface area contributed by atoms with Crippen LogP contribution < -0.4 is 4.74 Å². The highest BCUT2D eigenvalue weighted by Crippen LogP contribution is 2.24. The summed E-state index contributed by atoms with van der Waals surface area (Å²) in [4.78, 5) is 2.13. The molecule has 114 valence electrons. The van der Waals surface area contributed by atoms with E-state index in [0.717, 1.165) is 18.7 Å². The van der Waals surface area contributed by atoms with Gasteiger partial charge >= 0.3 is 0 Å². The molecule has 5 heteroatoms. The molecule has 2 aromatic rings. The summed E-state index contributed by atoms with van der Waals surface area (Å²) in [5.41, 5.74) is 3.21. The summed E-state index contributed by atoms with van der Waals surface area (Å²) in [7, 11) is 3.50. The van der Waals surface area contributed by atoms with Gasteiger partial charge in [0, 0.05) is 36.5 Å². The van der Waals surface area contributed by atoms with E-state index >= 15 is 0 Å². The van der Waals surface area contributed by atoms with Crippen LogP contribution in [-0.4, -0.2) is 28.8 Å². The molecular weight excluding hydrogens is 269 g/mol. The van der Waals surface area contributed by atoms with Crippen molar-refractivity contribution in [3.63, 3.8) is 0 Å². The number of para-hydroxylation sites is 1. The Hall–Kier alpha value is -1.88. The largest absolute Gasteiger partial charge is 0.493 e. The quantitative estimate of drug-likeness (QED) is 0.819. The zero-order chi connectivity index (χ0) is 15.4. The van der Waals surface area contributed by atoms with Gasteiger partial charge in [-0.05, 0) is 27.0 Å². The van der Waals surface area contributed by atoms with E-state index in [1.807, 2.05) is 24.0 Å². The summed E-state index contributed by atoms with van der Waals surface area (Å²) in [5, 5.41) is 4.35. The van der Waals surface area contributed by atoms with E-state index in [9.17, 15) is 4.39 Å². The van der Waals surface area contributed by atoms with Gasteiger partial charge in [0.15, 0.2) is 11.6 Å². The van der Waals surface area contributed by atoms with Crippen LogP contribution in [0.25, 0.3) is 0 Å². The second-order valence-corrected chi connectivity index (χ2v) is 5.18. The number of aryl methyl sites for hydroxylation is 1. The molecule has 1 aromatic carbocycles. The number of benzene rings is 1. The highest BCUT2D eigenvalue weighted by molar-refractivity contribution is 5.34. The Morgan fingerprint density at radius 2 is 2.00 bits per heavy atom. The predicted molar refractivity (Wildman–Crippen MR) is 80.8 cm³/mol. The smallest absolute Gasteiger partial charge is 0.165 e. The van der Waals surface area contributed by atoms with Gasteiger partial charge in [0.25, 0.3) is 0 Å². The molecule has 0 saturated carbocycles. The molecule has 0 amide bonds. The molecule has 2 rings (SSSR count). The Bertz CT molecular complexity index is 610. The summed E-state index contributed by atoms with van der Waals surface area (Å²) in [5.74, 6) is 0.00343. The summed E-state index contributed by atoms with van der Waals surface area (Å²) < 4.78 is 20.8. The minimum atomic E-state index is -0.321. The molecule has 0 aliphatic heterocycles. The molecule has 1 aromatic heterocycles. The third kappa shape index (κ3) is 3.42. The fraction of sp³-hybridized carbons (Fsp3) is 0.438. The van der Waals surface area contributed by atoms with Gasteiger partial charge < -0.3 is 4.74 Å². The van der Waals surface area contributed by atoms with Crippen LogP contribution in [0, 0.1) is 12.7 Å². The standard InChI is InChI=1S/C16H22FN3O/c1-5-20-12(2)14(9-18-20)11-19(3)10-13-7-6-8-15(17)16(13)21-4/h6-9H,5,10-11H2,1-4H3. The van der Waals surface area contributed by atoms with E-state index in [1.54, 1.807) is 6.07 Å². The van der Waals surface area contributed by atoms with E-state index in [2.05, 4.69) is 23.8 Å². The Balaban J connectivity index is 2.10. The average molecular weight is 291 g/mol. The molecule has 0 saturated heterocycles. The Morgan fingerprint density at radius 1 is 1.29 bits per heavy atom. The third-order valence-electron chi connectivity index (χ3n) is 3.64. The van der Waals surface area contributed by atoms with Gasteiger partial charge in [0.1, 0.15) is 0 Å². The van der Waals surface area contributed by atoms with Crippen molar-refractivity contribution in [3.05, 3.63) is 47.0 Å². The van der Waals surface area contributed by atoms with Gasteiger partial charge in [-0.3, -0.25) is 9.58 Å². The maximum Gasteiger partial charge on any atom is 0.165 e. The van der Waals surface area contributed by atoms with Crippen molar-refractivity contribution in [2.45, 2.75) is 33.5 Å². The van der Waals surface area contributed by atoms with Crippen molar-refractivity contribution in [3.8, 4) is 5.75 Å². The summed E-state index contributed by atoms with van der Waals surface area (Å²) in [6.07, 6.45) is 1.90. The summed E-state index contributed by atoms with van der Waals surface area (Å²) >= 11 is 0. The zero-order valence-electron chi connectivity index (χ0n) is 13.1. The highest BCUT2D eigenvalue weighted by Gasteiger charge is 2.13. The molecule has 0 bridgehead atoms. The first kappa shape index (κ1) is 15.5. The molecule has 21 heavy (non-hydrogen) atoms. The van der Waals surface area contributed by atoms with Crippen LogP contribution in [0.1, 0.15) is 23.7 Å². The first-order valence-corrected chi connectivity index (χ1v) is 7.08. The van der Waals surface area contributed by atoms with E-state index in [0.29, 0.717) is 12.3 Å². The van der Waals surface area contributed by atoms with Crippen LogP contribution in [0.15, 0.2) is 24.4 Å². The van der Waals surface area contributed by atoms with Gasteiger partial charge in [-0.2, -0.15) is 5.10 Å². The lowest BCUT2D eigenvalue weighted by Crippen LogP contribution is -2.18. The number of halogens is 1. The molecule has 0 aliphatic rings. The van der Waals surface area contributed by atoms with Crippen molar-refractivity contribution in [1.82, 2.24) is 14.7 Å². The Labute approximate surface area is 125 Å². The monoisotopic (exact) mass is 291 g/mol. The molecular formula is C16H22FN3O. The zero-order valence-corrected chi connectivity index (χ0v) is 13.1. The van der Waals surface area contributed by atoms with Gasteiger partial charge in [0.2, 0.25) is 0 Å². The molecule has 0 aliphatic carbocycles. The van der Waals surface area contributed by atoms with Gasteiger partial charge in [0.05, 0.1) is 13.3 Å². The second kappa shape index (κ2) is 6.72. The molecule has 0 N–H and O–H groups in total. The van der Waals surface area contributed by atoms with Crippen LogP contribution in [-0.2, 0) is 19.6 Å². The third-order valence-corrected chi connectivity index (χ3v) is 3.64. The first-order valence-electron chi connectivity index (χ1n) is 7.08. The van der Waals surface area contributed by atoms with Crippen LogP contribution in [0.4, 0.5) is 4.39 Å². The van der Waals surface area contributed by atoms with Crippen LogP contribution in [0.3, 0.4) is 0 Å². The van der Waals surface area contributed by atoms with E-state index in [4.69, 9.17) is 4.74 Å². The normalized spacial score (nSPS) is 11.1. The first-order chi connectivity index (χ1) is 10.1. The van der Waals surface area contributed by atoms with E-state index in [-0.39, 0.29) is 5.82 Å². The van der Waals surface area contributed by atoms with Crippen LogP contribution in [0.2, 0.25) is 0 Å². The fourth-order valence-electron chi connectivity index (χ4n) is 2.50. The van der Waals surface area contributed by atoms with Crippen molar-refractivity contribution in [2.24, 2.45) is 0 Å². The Morgan fingerprint density at radius 3 is 2.62 bits per heavy atom. The minimum Gasteiger partial charge on any atom is -0.493 e. The van der Waals surface area contributed by atoms with Crippen molar-refractivity contribution < 1.29 is 9.13 Å². The predicted octanol–water partition coefficient (Wildman–Crippen LogP) is 2.99. The topological polar surface area (TPSA) is 30.3 Å². The maximum absolute atomic E-state index is 13.7. The minimum absolute atomic E-state index is 0.321. The highest BCUT2D eigenvalue weighted by atomic mass is 19.1. The van der Waals surface area contributed by atoms with E-state index < -0.39 is 0 Å². The van der Waals surface area contributed by atoms with Gasteiger partial charge in [-0.1, -0.05) is 12.1 Å². The Kier molecular flexibility index (Phi) is 4.96. The lowest BCUT2D eigenvalue weighted by Gasteiger charge is -2.18. The summed E-state index contributed by atoms with van der Waals surface area (Å²) in [6.45, 7) is 6.41. The molecule has 0 atom stereocenters. The summed E-state index contributed by atoms with van der Waals surface area (Å²) in [6, 6.07) is 5.01. The van der Waals surface area contributed by atoms with Gasteiger partial charge in [-0.25, -0.2) is 4.39 Å². The molecule has 0 spiro atoms. The second-order valence-electron chi connectivity index (χ2n) is 5.18. The molecule has 0 fully saturated rings. The number of aromatic nitrogens is 2. The molecule has 0 unspecified atom stereocenters. The number of hydrogen-bond donors (Lipinski definition) is 0.